The minimum atomic E-state index is -0.410. The van der Waals surface area contributed by atoms with Crippen LogP contribution in [0.3, 0.4) is 0 Å². The summed E-state index contributed by atoms with van der Waals surface area (Å²) in [6.45, 7) is 1.33. The van der Waals surface area contributed by atoms with Gasteiger partial charge in [-0.3, -0.25) is 0 Å². The third kappa shape index (κ3) is 2.93. The van der Waals surface area contributed by atoms with Gasteiger partial charge in [-0.05, 0) is 24.3 Å². The molecule has 2 atom stereocenters. The van der Waals surface area contributed by atoms with Gasteiger partial charge >= 0.3 is 0 Å². The molecule has 3 aromatic rings. The summed E-state index contributed by atoms with van der Waals surface area (Å²) in [7, 11) is 0. The molecule has 1 aromatic carbocycles. The van der Waals surface area contributed by atoms with Crippen LogP contribution in [0.15, 0.2) is 42.7 Å². The van der Waals surface area contributed by atoms with Crippen molar-refractivity contribution in [3.8, 4) is 11.5 Å². The summed E-state index contributed by atoms with van der Waals surface area (Å²) in [5, 5.41) is 15.0. The third-order valence-electron chi connectivity index (χ3n) is 4.06. The quantitative estimate of drug-likeness (QED) is 0.745. The lowest BCUT2D eigenvalue weighted by molar-refractivity contribution is 0.151. The number of benzene rings is 1. The Morgan fingerprint density at radius 1 is 1.22 bits per heavy atom. The number of β-amino-alcohol motifs (C(OH)–C–C–N with tert-alkyl or cyclic N) is 1. The molecule has 0 spiro atoms. The molecule has 2 N–H and O–H groups in total. The van der Waals surface area contributed by atoms with Crippen molar-refractivity contribution in [2.45, 2.75) is 12.1 Å². The molecule has 3 heterocycles. The van der Waals surface area contributed by atoms with E-state index in [9.17, 15) is 5.11 Å². The van der Waals surface area contributed by atoms with Crippen LogP contribution in [0.1, 0.15) is 6.04 Å². The minimum Gasteiger partial charge on any atom is -0.390 e. The predicted molar refractivity (Wildman–Crippen MR) is 93.1 cm³/mol. The van der Waals surface area contributed by atoms with Gasteiger partial charge in [-0.2, -0.15) is 0 Å². The monoisotopic (exact) mass is 350 g/mol. The van der Waals surface area contributed by atoms with Gasteiger partial charge < -0.3 is 15.0 Å². The minimum absolute atomic E-state index is 0. The van der Waals surface area contributed by atoms with Gasteiger partial charge in [0.25, 0.3) is 0 Å². The van der Waals surface area contributed by atoms with Crippen molar-refractivity contribution in [1.29, 1.82) is 0 Å². The van der Waals surface area contributed by atoms with Gasteiger partial charge in [-0.25, -0.2) is 9.97 Å². The van der Waals surface area contributed by atoms with Crippen molar-refractivity contribution in [2.24, 2.45) is 0 Å². The summed E-state index contributed by atoms with van der Waals surface area (Å²) in [4.78, 5) is 9.10. The number of hydrogen-bond donors (Lipinski definition) is 2. The van der Waals surface area contributed by atoms with E-state index in [1.807, 2.05) is 41.1 Å². The van der Waals surface area contributed by atoms with E-state index in [0.29, 0.717) is 11.6 Å². The summed E-state index contributed by atoms with van der Waals surface area (Å²) >= 11 is 6.01. The van der Waals surface area contributed by atoms with Gasteiger partial charge in [0.15, 0.2) is 5.82 Å². The Bertz CT molecular complexity index is 836. The number of aromatic nitrogens is 3. The zero-order valence-electron chi connectivity index (χ0n) is 12.2. The standard InChI is InChI=1S/C16H15ClN4O.ClH/c17-11-2-4-12-10(7-11)1-3-13(20-12)16-19-5-6-21(16)14-8-18-9-15(14)22;/h1-7,14-15,18,22H,8-9H2;1H/t14-,15+;/m0./s1. The number of hydrogen-bond acceptors (Lipinski definition) is 4. The van der Waals surface area contributed by atoms with Gasteiger partial charge in [0.2, 0.25) is 0 Å². The second kappa shape index (κ2) is 6.45. The van der Waals surface area contributed by atoms with Crippen molar-refractivity contribution in [3.63, 3.8) is 0 Å². The van der Waals surface area contributed by atoms with Crippen molar-refractivity contribution in [2.75, 3.05) is 13.1 Å². The molecule has 5 nitrogen and oxygen atoms in total. The van der Waals surface area contributed by atoms with Crippen LogP contribution in [0.2, 0.25) is 5.02 Å². The van der Waals surface area contributed by atoms with Crippen molar-refractivity contribution < 1.29 is 5.11 Å². The molecule has 0 unspecified atom stereocenters. The molecule has 0 saturated carbocycles. The fourth-order valence-corrected chi connectivity index (χ4v) is 3.12. The van der Waals surface area contributed by atoms with Crippen LogP contribution in [0.5, 0.6) is 0 Å². The number of nitrogens with one attached hydrogen (secondary N) is 1. The first-order valence-electron chi connectivity index (χ1n) is 7.21. The van der Waals surface area contributed by atoms with Crippen LogP contribution < -0.4 is 5.32 Å². The molecule has 23 heavy (non-hydrogen) atoms. The maximum atomic E-state index is 10.1. The summed E-state index contributed by atoms with van der Waals surface area (Å²) in [5.74, 6) is 0.768. The predicted octanol–water partition coefficient (Wildman–Crippen LogP) is 2.68. The van der Waals surface area contributed by atoms with E-state index in [1.54, 1.807) is 6.20 Å². The molecule has 1 aliphatic heterocycles. The van der Waals surface area contributed by atoms with Gasteiger partial charge in [0, 0.05) is 35.9 Å². The maximum Gasteiger partial charge on any atom is 0.159 e. The van der Waals surface area contributed by atoms with E-state index in [1.165, 1.54) is 0 Å². The number of imidazole rings is 1. The number of halogens is 2. The van der Waals surface area contributed by atoms with E-state index in [0.717, 1.165) is 29.0 Å². The number of aliphatic hydroxyl groups is 1. The highest BCUT2D eigenvalue weighted by atomic mass is 35.5. The highest BCUT2D eigenvalue weighted by Gasteiger charge is 2.28. The Morgan fingerprint density at radius 3 is 2.87 bits per heavy atom. The molecular weight excluding hydrogens is 335 g/mol. The number of nitrogens with zero attached hydrogens (tertiary/aromatic N) is 3. The maximum absolute atomic E-state index is 10.1. The highest BCUT2D eigenvalue weighted by molar-refractivity contribution is 6.31. The zero-order chi connectivity index (χ0) is 15.1. The molecular formula is C16H16Cl2N4O. The highest BCUT2D eigenvalue weighted by Crippen LogP contribution is 2.26. The first-order valence-corrected chi connectivity index (χ1v) is 7.58. The van der Waals surface area contributed by atoms with Gasteiger partial charge in [-0.15, -0.1) is 12.4 Å². The van der Waals surface area contributed by atoms with E-state index in [2.05, 4.69) is 15.3 Å². The second-order valence-corrected chi connectivity index (χ2v) is 5.92. The Morgan fingerprint density at radius 2 is 2.09 bits per heavy atom. The van der Waals surface area contributed by atoms with Crippen LogP contribution in [-0.2, 0) is 0 Å². The first-order chi connectivity index (χ1) is 10.7. The molecule has 7 heteroatoms. The largest absolute Gasteiger partial charge is 0.390 e. The van der Waals surface area contributed by atoms with Crippen LogP contribution in [-0.4, -0.2) is 38.8 Å². The molecule has 120 valence electrons. The van der Waals surface area contributed by atoms with Crippen molar-refractivity contribution in [3.05, 3.63) is 47.7 Å². The van der Waals surface area contributed by atoms with Crippen molar-refractivity contribution >= 4 is 34.9 Å². The Balaban J connectivity index is 0.00000156. The van der Waals surface area contributed by atoms with Gasteiger partial charge in [0.1, 0.15) is 5.69 Å². The van der Waals surface area contributed by atoms with E-state index < -0.39 is 6.10 Å². The van der Waals surface area contributed by atoms with Gasteiger partial charge in [-0.1, -0.05) is 17.7 Å². The number of fused-ring (bicyclic) bond motifs is 1. The molecule has 2 aromatic heterocycles. The molecule has 0 radical (unpaired) electrons. The Hall–Kier alpha value is -1.66. The zero-order valence-corrected chi connectivity index (χ0v) is 13.8. The smallest absolute Gasteiger partial charge is 0.159 e. The molecule has 1 saturated heterocycles. The van der Waals surface area contributed by atoms with Crippen LogP contribution in [0, 0.1) is 0 Å². The van der Waals surface area contributed by atoms with Crippen LogP contribution in [0.25, 0.3) is 22.4 Å². The third-order valence-corrected chi connectivity index (χ3v) is 4.29. The summed E-state index contributed by atoms with van der Waals surface area (Å²) in [6.07, 6.45) is 3.23. The van der Waals surface area contributed by atoms with E-state index in [4.69, 9.17) is 11.6 Å². The molecule has 1 fully saturated rings. The second-order valence-electron chi connectivity index (χ2n) is 5.48. The molecule has 0 aliphatic carbocycles. The Labute approximate surface area is 144 Å². The molecule has 1 aliphatic rings. The summed E-state index contributed by atoms with van der Waals surface area (Å²) in [6, 6.07) is 9.54. The van der Waals surface area contributed by atoms with E-state index in [-0.39, 0.29) is 18.4 Å². The average molecular weight is 351 g/mol. The topological polar surface area (TPSA) is 63.0 Å². The molecule has 4 rings (SSSR count). The fraction of sp³-hybridized carbons (Fsp3) is 0.250. The number of pyridine rings is 1. The first kappa shape index (κ1) is 16.2. The fourth-order valence-electron chi connectivity index (χ4n) is 2.93. The Kier molecular flexibility index (Phi) is 4.55. The lowest BCUT2D eigenvalue weighted by atomic mass is 10.2. The normalized spacial score (nSPS) is 20.6. The lowest BCUT2D eigenvalue weighted by Gasteiger charge is -2.17. The van der Waals surface area contributed by atoms with E-state index >= 15 is 0 Å². The van der Waals surface area contributed by atoms with Gasteiger partial charge in [0.05, 0.1) is 17.7 Å². The lowest BCUT2D eigenvalue weighted by Crippen LogP contribution is -2.22. The van der Waals surface area contributed by atoms with Crippen LogP contribution >= 0.6 is 24.0 Å². The summed E-state index contributed by atoms with van der Waals surface area (Å²) in [5.41, 5.74) is 1.67. The van der Waals surface area contributed by atoms with Crippen LogP contribution in [0.4, 0.5) is 0 Å². The molecule has 0 amide bonds. The van der Waals surface area contributed by atoms with Crippen molar-refractivity contribution in [1.82, 2.24) is 19.9 Å². The number of aliphatic hydroxyl groups excluding tert-OH is 1. The summed E-state index contributed by atoms with van der Waals surface area (Å²) < 4.78 is 1.99. The number of rotatable bonds is 2. The molecule has 0 bridgehead atoms. The SMILES string of the molecule is Cl.O[C@@H]1CNC[C@@H]1n1ccnc1-c1ccc2cc(Cl)ccc2n1. The average Bonchev–Trinajstić information content (AvgIpc) is 3.15.